The molecule has 0 spiro atoms. The molecule has 0 atom stereocenters. The summed E-state index contributed by atoms with van der Waals surface area (Å²) in [4.78, 5) is 12.2. The fourth-order valence-electron chi connectivity index (χ4n) is 3.80. The van der Waals surface area contributed by atoms with Crippen LogP contribution in [0.1, 0.15) is 37.7 Å². The summed E-state index contributed by atoms with van der Waals surface area (Å²) in [7, 11) is 2.20. The Kier molecular flexibility index (Phi) is 4.39. The van der Waals surface area contributed by atoms with E-state index in [9.17, 15) is 0 Å². The molecule has 25 heavy (non-hydrogen) atoms. The van der Waals surface area contributed by atoms with Gasteiger partial charge in [0.25, 0.3) is 0 Å². The van der Waals surface area contributed by atoms with E-state index in [1.165, 1.54) is 37.7 Å². The first-order valence-corrected chi connectivity index (χ1v) is 9.29. The van der Waals surface area contributed by atoms with Crippen LogP contribution >= 0.6 is 0 Å². The molecule has 3 nitrogen and oxygen atoms in total. The van der Waals surface area contributed by atoms with Gasteiger partial charge in [0, 0.05) is 24.0 Å². The lowest BCUT2D eigenvalue weighted by molar-refractivity contribution is 0.426. The minimum atomic E-state index is 0.581. The van der Waals surface area contributed by atoms with E-state index in [1.54, 1.807) is 0 Å². The fourth-order valence-corrected chi connectivity index (χ4v) is 3.80. The molecule has 3 heteroatoms. The average Bonchev–Trinajstić information content (AvgIpc) is 2.68. The molecule has 2 aromatic carbocycles. The third kappa shape index (κ3) is 3.23. The first kappa shape index (κ1) is 16.1. The Hall–Kier alpha value is -2.42. The van der Waals surface area contributed by atoms with E-state index in [1.807, 2.05) is 0 Å². The molecule has 128 valence electrons. The maximum Gasteiger partial charge on any atom is 0.162 e. The summed E-state index contributed by atoms with van der Waals surface area (Å²) in [5, 5.41) is 1.14. The third-order valence-corrected chi connectivity index (χ3v) is 5.35. The molecule has 3 aromatic rings. The van der Waals surface area contributed by atoms with Gasteiger partial charge in [0.2, 0.25) is 0 Å². The summed E-state index contributed by atoms with van der Waals surface area (Å²) in [6.45, 7) is 2.10. The van der Waals surface area contributed by atoms with Crippen LogP contribution in [0.3, 0.4) is 0 Å². The maximum absolute atomic E-state index is 4.99. The van der Waals surface area contributed by atoms with Crippen LogP contribution in [0.15, 0.2) is 48.5 Å². The number of benzene rings is 2. The normalized spacial score (nSPS) is 15.4. The second kappa shape index (κ2) is 6.83. The molecule has 0 amide bonds. The SMILES string of the molecule is Cc1ccc(-c2nc(N(C)C3CCCCC3)c3ccccc3n2)cc1. The number of para-hydroxylation sites is 1. The molecule has 1 aliphatic carbocycles. The number of nitrogens with zero attached hydrogens (tertiary/aromatic N) is 3. The molecule has 1 fully saturated rings. The summed E-state index contributed by atoms with van der Waals surface area (Å²) >= 11 is 0. The number of anilines is 1. The number of hydrogen-bond acceptors (Lipinski definition) is 3. The van der Waals surface area contributed by atoms with Crippen LogP contribution in [0.2, 0.25) is 0 Å². The largest absolute Gasteiger partial charge is 0.356 e. The van der Waals surface area contributed by atoms with Crippen molar-refractivity contribution in [3.05, 3.63) is 54.1 Å². The van der Waals surface area contributed by atoms with E-state index >= 15 is 0 Å². The zero-order chi connectivity index (χ0) is 17.2. The van der Waals surface area contributed by atoms with E-state index < -0.39 is 0 Å². The van der Waals surface area contributed by atoms with E-state index in [-0.39, 0.29) is 0 Å². The van der Waals surface area contributed by atoms with Crippen molar-refractivity contribution in [2.45, 2.75) is 45.1 Å². The van der Waals surface area contributed by atoms with Crippen molar-refractivity contribution in [1.82, 2.24) is 9.97 Å². The highest BCUT2D eigenvalue weighted by Gasteiger charge is 2.21. The minimum absolute atomic E-state index is 0.581. The zero-order valence-corrected chi connectivity index (χ0v) is 15.1. The lowest BCUT2D eigenvalue weighted by Crippen LogP contribution is -2.34. The van der Waals surface area contributed by atoms with Crippen LogP contribution in [-0.4, -0.2) is 23.1 Å². The highest BCUT2D eigenvalue weighted by Crippen LogP contribution is 2.31. The van der Waals surface area contributed by atoms with Gasteiger partial charge in [-0.3, -0.25) is 0 Å². The van der Waals surface area contributed by atoms with Gasteiger partial charge in [-0.2, -0.15) is 0 Å². The lowest BCUT2D eigenvalue weighted by Gasteiger charge is -2.32. The zero-order valence-electron chi connectivity index (χ0n) is 15.1. The molecule has 1 aliphatic rings. The van der Waals surface area contributed by atoms with Crippen molar-refractivity contribution in [2.24, 2.45) is 0 Å². The Labute approximate surface area is 149 Å². The monoisotopic (exact) mass is 331 g/mol. The van der Waals surface area contributed by atoms with Gasteiger partial charge in [-0.1, -0.05) is 61.2 Å². The van der Waals surface area contributed by atoms with Crippen LogP contribution in [0.25, 0.3) is 22.3 Å². The van der Waals surface area contributed by atoms with Gasteiger partial charge in [0.15, 0.2) is 5.82 Å². The van der Waals surface area contributed by atoms with E-state index in [2.05, 4.69) is 67.4 Å². The number of aromatic nitrogens is 2. The van der Waals surface area contributed by atoms with Crippen LogP contribution in [0.5, 0.6) is 0 Å². The van der Waals surface area contributed by atoms with Crippen molar-refractivity contribution < 1.29 is 0 Å². The second-order valence-corrected chi connectivity index (χ2v) is 7.16. The van der Waals surface area contributed by atoms with Gasteiger partial charge in [0.1, 0.15) is 5.82 Å². The van der Waals surface area contributed by atoms with Crippen molar-refractivity contribution >= 4 is 16.7 Å². The Morgan fingerprint density at radius 2 is 1.60 bits per heavy atom. The van der Waals surface area contributed by atoms with Gasteiger partial charge < -0.3 is 4.90 Å². The number of aryl methyl sites for hydroxylation is 1. The van der Waals surface area contributed by atoms with Crippen molar-refractivity contribution in [3.63, 3.8) is 0 Å². The smallest absolute Gasteiger partial charge is 0.162 e. The second-order valence-electron chi connectivity index (χ2n) is 7.16. The lowest BCUT2D eigenvalue weighted by atomic mass is 9.94. The van der Waals surface area contributed by atoms with Crippen LogP contribution in [-0.2, 0) is 0 Å². The van der Waals surface area contributed by atoms with E-state index in [0.29, 0.717) is 6.04 Å². The highest BCUT2D eigenvalue weighted by molar-refractivity contribution is 5.91. The molecular weight excluding hydrogens is 306 g/mol. The van der Waals surface area contributed by atoms with Gasteiger partial charge in [-0.15, -0.1) is 0 Å². The molecule has 0 radical (unpaired) electrons. The van der Waals surface area contributed by atoms with Gasteiger partial charge in [-0.05, 0) is 31.9 Å². The Morgan fingerprint density at radius 1 is 0.880 bits per heavy atom. The molecule has 1 saturated carbocycles. The Morgan fingerprint density at radius 3 is 2.36 bits per heavy atom. The van der Waals surface area contributed by atoms with Crippen LogP contribution in [0, 0.1) is 6.92 Å². The summed E-state index contributed by atoms with van der Waals surface area (Å²) in [6, 6.07) is 17.4. The standard InChI is InChI=1S/C22H25N3/c1-16-12-14-17(15-13-16)21-23-20-11-7-6-10-19(20)22(24-21)25(2)18-8-4-3-5-9-18/h6-7,10-15,18H,3-5,8-9H2,1-2H3. The number of hydrogen-bond donors (Lipinski definition) is 0. The molecule has 1 heterocycles. The molecule has 0 aliphatic heterocycles. The van der Waals surface area contributed by atoms with Gasteiger partial charge >= 0.3 is 0 Å². The summed E-state index contributed by atoms with van der Waals surface area (Å²) in [6.07, 6.45) is 6.53. The predicted molar refractivity (Wildman–Crippen MR) is 105 cm³/mol. The quantitative estimate of drug-likeness (QED) is 0.645. The maximum atomic E-state index is 4.99. The summed E-state index contributed by atoms with van der Waals surface area (Å²) < 4.78 is 0. The van der Waals surface area contributed by atoms with Gasteiger partial charge in [-0.25, -0.2) is 9.97 Å². The minimum Gasteiger partial charge on any atom is -0.356 e. The number of rotatable bonds is 3. The summed E-state index contributed by atoms with van der Waals surface area (Å²) in [5.41, 5.74) is 3.35. The molecule has 1 aromatic heterocycles. The predicted octanol–water partition coefficient (Wildman–Crippen LogP) is 5.37. The van der Waals surface area contributed by atoms with E-state index in [0.717, 1.165) is 28.1 Å². The van der Waals surface area contributed by atoms with E-state index in [4.69, 9.17) is 9.97 Å². The Balaban J connectivity index is 1.82. The molecule has 0 unspecified atom stereocenters. The molecule has 0 N–H and O–H groups in total. The average molecular weight is 331 g/mol. The first-order chi connectivity index (χ1) is 12.2. The van der Waals surface area contributed by atoms with Gasteiger partial charge in [0.05, 0.1) is 5.52 Å². The Bertz CT molecular complexity index is 864. The molecule has 0 saturated heterocycles. The van der Waals surface area contributed by atoms with Crippen molar-refractivity contribution in [2.75, 3.05) is 11.9 Å². The highest BCUT2D eigenvalue weighted by atomic mass is 15.2. The molecule has 4 rings (SSSR count). The van der Waals surface area contributed by atoms with Crippen molar-refractivity contribution in [1.29, 1.82) is 0 Å². The fraction of sp³-hybridized carbons (Fsp3) is 0.364. The molecule has 0 bridgehead atoms. The summed E-state index contributed by atoms with van der Waals surface area (Å²) in [5.74, 6) is 1.88. The number of fused-ring (bicyclic) bond motifs is 1. The molecular formula is C22H25N3. The van der Waals surface area contributed by atoms with Crippen LogP contribution in [0.4, 0.5) is 5.82 Å². The first-order valence-electron chi connectivity index (χ1n) is 9.29. The van der Waals surface area contributed by atoms with Crippen molar-refractivity contribution in [3.8, 4) is 11.4 Å². The third-order valence-electron chi connectivity index (χ3n) is 5.35. The topological polar surface area (TPSA) is 29.0 Å². The van der Waals surface area contributed by atoms with Crippen LogP contribution < -0.4 is 4.90 Å².